The second-order valence-electron chi connectivity index (χ2n) is 9.05. The molecule has 0 spiro atoms. The number of unbranched alkanes of at least 4 members (excludes halogenated alkanes) is 4. The normalized spacial score (nSPS) is 12.6. The third kappa shape index (κ3) is 8.66. The first-order chi connectivity index (χ1) is 14.9. The van der Waals surface area contributed by atoms with Gasteiger partial charge in [-0.1, -0.05) is 97.1 Å². The van der Waals surface area contributed by atoms with Gasteiger partial charge in [-0.2, -0.15) is 0 Å². The lowest BCUT2D eigenvalue weighted by atomic mass is 9.67. The van der Waals surface area contributed by atoms with E-state index in [0.717, 1.165) is 44.1 Å². The third-order valence-electron chi connectivity index (χ3n) is 5.94. The van der Waals surface area contributed by atoms with E-state index in [-0.39, 0.29) is 11.8 Å². The molecule has 0 radical (unpaired) electrons. The molecular formula is C27H44O4. The highest BCUT2D eigenvalue weighted by atomic mass is 16.6. The van der Waals surface area contributed by atoms with Crippen LogP contribution >= 0.6 is 0 Å². The summed E-state index contributed by atoms with van der Waals surface area (Å²) in [6.07, 6.45) is 7.56. The number of rotatable bonds is 16. The Morgan fingerprint density at radius 3 is 1.77 bits per heavy atom. The number of esters is 2. The molecule has 1 unspecified atom stereocenters. The fraction of sp³-hybridized carbons (Fsp3) is 0.704. The van der Waals surface area contributed by atoms with E-state index in [0.29, 0.717) is 32.5 Å². The first kappa shape index (κ1) is 27.2. The third-order valence-corrected chi connectivity index (χ3v) is 5.94. The van der Waals surface area contributed by atoms with Crippen molar-refractivity contribution < 1.29 is 19.1 Å². The summed E-state index contributed by atoms with van der Waals surface area (Å²) in [7, 11) is 0. The minimum Gasteiger partial charge on any atom is -0.465 e. The first-order valence-electron chi connectivity index (χ1n) is 12.3. The minimum atomic E-state index is -1.27. The summed E-state index contributed by atoms with van der Waals surface area (Å²) in [5, 5.41) is 0. The minimum absolute atomic E-state index is 0.163. The molecule has 1 aromatic rings. The number of carbonyl (C=O) groups excluding carboxylic acids is 2. The number of hydrogen-bond donors (Lipinski definition) is 0. The van der Waals surface area contributed by atoms with Crippen molar-refractivity contribution in [2.75, 3.05) is 13.2 Å². The molecular weight excluding hydrogens is 388 g/mol. The number of hydrogen-bond acceptors (Lipinski definition) is 4. The van der Waals surface area contributed by atoms with Gasteiger partial charge in [-0.25, -0.2) is 0 Å². The Kier molecular flexibility index (Phi) is 13.2. The van der Waals surface area contributed by atoms with Crippen molar-refractivity contribution in [3.63, 3.8) is 0 Å². The molecule has 0 heterocycles. The van der Waals surface area contributed by atoms with Gasteiger partial charge in [-0.15, -0.1) is 0 Å². The first-order valence-corrected chi connectivity index (χ1v) is 12.3. The summed E-state index contributed by atoms with van der Waals surface area (Å²) in [5.41, 5.74) is -0.142. The lowest BCUT2D eigenvalue weighted by Gasteiger charge is -2.37. The molecule has 1 atom stereocenters. The molecule has 0 bridgehead atoms. The molecule has 31 heavy (non-hydrogen) atoms. The van der Waals surface area contributed by atoms with Crippen LogP contribution in [-0.4, -0.2) is 25.2 Å². The van der Waals surface area contributed by atoms with E-state index in [9.17, 15) is 9.59 Å². The van der Waals surface area contributed by atoms with Gasteiger partial charge < -0.3 is 9.47 Å². The highest BCUT2D eigenvalue weighted by Crippen LogP contribution is 2.42. The van der Waals surface area contributed by atoms with Crippen molar-refractivity contribution in [2.45, 2.75) is 92.4 Å². The van der Waals surface area contributed by atoms with Crippen molar-refractivity contribution >= 4 is 11.9 Å². The van der Waals surface area contributed by atoms with Gasteiger partial charge in [-0.3, -0.25) is 9.59 Å². The maximum atomic E-state index is 13.6. The van der Waals surface area contributed by atoms with E-state index in [4.69, 9.17) is 9.47 Å². The second-order valence-corrected chi connectivity index (χ2v) is 9.05. The Hall–Kier alpha value is -1.84. The van der Waals surface area contributed by atoms with Crippen LogP contribution in [0.15, 0.2) is 30.3 Å². The SMILES string of the molecule is CCCCCOC(=O)C(CC(C)C)(C(=O)OCCCCC)C(CC)Cc1ccccc1. The molecule has 0 aromatic heterocycles. The van der Waals surface area contributed by atoms with Crippen LogP contribution in [0.1, 0.15) is 91.5 Å². The molecule has 0 saturated carbocycles. The highest BCUT2D eigenvalue weighted by molar-refractivity contribution is 6.00. The molecule has 4 nitrogen and oxygen atoms in total. The summed E-state index contributed by atoms with van der Waals surface area (Å²) in [6, 6.07) is 10.1. The van der Waals surface area contributed by atoms with Crippen molar-refractivity contribution in [1.29, 1.82) is 0 Å². The summed E-state index contributed by atoms with van der Waals surface area (Å²) < 4.78 is 11.5. The molecule has 1 aromatic carbocycles. The standard InChI is InChI=1S/C27H44O4/c1-6-9-14-18-30-25(28)27(21-22(4)5,26(29)31-19-15-10-7-2)24(8-3)20-23-16-12-11-13-17-23/h11-13,16-17,22,24H,6-10,14-15,18-21H2,1-5H3. The number of benzene rings is 1. The Balaban J connectivity index is 3.24. The maximum Gasteiger partial charge on any atom is 0.323 e. The van der Waals surface area contributed by atoms with Crippen LogP contribution in [0.4, 0.5) is 0 Å². The van der Waals surface area contributed by atoms with Gasteiger partial charge in [-0.05, 0) is 43.1 Å². The summed E-state index contributed by atoms with van der Waals surface area (Å²) >= 11 is 0. The lowest BCUT2D eigenvalue weighted by Crippen LogP contribution is -2.49. The fourth-order valence-electron chi connectivity index (χ4n) is 4.25. The predicted octanol–water partition coefficient (Wildman–Crippen LogP) is 6.75. The smallest absolute Gasteiger partial charge is 0.323 e. The van der Waals surface area contributed by atoms with Crippen LogP contribution in [0.3, 0.4) is 0 Å². The molecule has 0 aliphatic carbocycles. The van der Waals surface area contributed by atoms with E-state index < -0.39 is 17.4 Å². The highest BCUT2D eigenvalue weighted by Gasteiger charge is 2.54. The largest absolute Gasteiger partial charge is 0.465 e. The summed E-state index contributed by atoms with van der Waals surface area (Å²) in [6.45, 7) is 11.1. The Morgan fingerprint density at radius 1 is 0.839 bits per heavy atom. The van der Waals surface area contributed by atoms with Crippen LogP contribution in [0.2, 0.25) is 0 Å². The quantitative estimate of drug-likeness (QED) is 0.165. The van der Waals surface area contributed by atoms with Crippen LogP contribution in [0.5, 0.6) is 0 Å². The zero-order valence-electron chi connectivity index (χ0n) is 20.5. The van der Waals surface area contributed by atoms with Gasteiger partial charge >= 0.3 is 11.9 Å². The number of ether oxygens (including phenoxy) is 2. The second kappa shape index (κ2) is 15.0. The average Bonchev–Trinajstić information content (AvgIpc) is 2.76. The monoisotopic (exact) mass is 432 g/mol. The fourth-order valence-corrected chi connectivity index (χ4v) is 4.25. The average molecular weight is 433 g/mol. The van der Waals surface area contributed by atoms with Crippen LogP contribution in [0.25, 0.3) is 0 Å². The Labute approximate surface area is 190 Å². The zero-order valence-corrected chi connectivity index (χ0v) is 20.5. The Morgan fingerprint density at radius 2 is 1.35 bits per heavy atom. The van der Waals surface area contributed by atoms with Crippen molar-refractivity contribution in [3.05, 3.63) is 35.9 Å². The molecule has 0 aliphatic rings. The van der Waals surface area contributed by atoms with E-state index in [1.807, 2.05) is 18.2 Å². The molecule has 0 aliphatic heterocycles. The summed E-state index contributed by atoms with van der Waals surface area (Å²) in [4.78, 5) is 27.1. The van der Waals surface area contributed by atoms with E-state index >= 15 is 0 Å². The molecule has 4 heteroatoms. The maximum absolute atomic E-state index is 13.6. The van der Waals surface area contributed by atoms with Gasteiger partial charge in [0.15, 0.2) is 5.41 Å². The molecule has 0 N–H and O–H groups in total. The molecule has 0 saturated heterocycles. The van der Waals surface area contributed by atoms with Gasteiger partial charge in [0.1, 0.15) is 0 Å². The lowest BCUT2D eigenvalue weighted by molar-refractivity contribution is -0.179. The topological polar surface area (TPSA) is 52.6 Å². The van der Waals surface area contributed by atoms with E-state index in [1.165, 1.54) is 0 Å². The molecule has 1 rings (SSSR count). The van der Waals surface area contributed by atoms with Crippen LogP contribution < -0.4 is 0 Å². The van der Waals surface area contributed by atoms with Gasteiger partial charge in [0, 0.05) is 0 Å². The molecule has 0 fully saturated rings. The molecule has 176 valence electrons. The zero-order chi connectivity index (χ0) is 23.1. The van der Waals surface area contributed by atoms with E-state index in [1.54, 1.807) is 0 Å². The van der Waals surface area contributed by atoms with Crippen molar-refractivity contribution in [1.82, 2.24) is 0 Å². The molecule has 0 amide bonds. The predicted molar refractivity (Wildman–Crippen MR) is 127 cm³/mol. The van der Waals surface area contributed by atoms with Crippen molar-refractivity contribution in [2.24, 2.45) is 17.3 Å². The van der Waals surface area contributed by atoms with Gasteiger partial charge in [0.2, 0.25) is 0 Å². The number of carbonyl (C=O) groups is 2. The summed E-state index contributed by atoms with van der Waals surface area (Å²) in [5.74, 6) is -0.813. The van der Waals surface area contributed by atoms with Gasteiger partial charge in [0.25, 0.3) is 0 Å². The van der Waals surface area contributed by atoms with Crippen LogP contribution in [0, 0.1) is 17.3 Å². The van der Waals surface area contributed by atoms with Crippen molar-refractivity contribution in [3.8, 4) is 0 Å². The van der Waals surface area contributed by atoms with Crippen LogP contribution in [-0.2, 0) is 25.5 Å². The Bertz CT molecular complexity index is 599. The van der Waals surface area contributed by atoms with E-state index in [2.05, 4.69) is 46.8 Å². The van der Waals surface area contributed by atoms with Gasteiger partial charge in [0.05, 0.1) is 13.2 Å².